The van der Waals surface area contributed by atoms with Gasteiger partial charge in [-0.2, -0.15) is 0 Å². The van der Waals surface area contributed by atoms with Crippen LogP contribution in [0.2, 0.25) is 0 Å². The normalized spacial score (nSPS) is 11.8. The first-order chi connectivity index (χ1) is 13.4. The summed E-state index contributed by atoms with van der Waals surface area (Å²) in [7, 11) is 0. The summed E-state index contributed by atoms with van der Waals surface area (Å²) < 4.78 is 21.6. The van der Waals surface area contributed by atoms with E-state index in [2.05, 4.69) is 5.32 Å². The Hall–Kier alpha value is -2.96. The highest BCUT2D eigenvalue weighted by atomic mass is 16.5. The van der Waals surface area contributed by atoms with Gasteiger partial charge in [0.15, 0.2) is 18.1 Å². The number of furan rings is 1. The Morgan fingerprint density at radius 3 is 2.54 bits per heavy atom. The quantitative estimate of drug-likeness (QED) is 0.623. The van der Waals surface area contributed by atoms with Gasteiger partial charge in [0.1, 0.15) is 5.76 Å². The highest BCUT2D eigenvalue weighted by molar-refractivity contribution is 5.92. The molecule has 28 heavy (non-hydrogen) atoms. The maximum atomic E-state index is 12.3. The second-order valence-corrected chi connectivity index (χ2v) is 6.68. The van der Waals surface area contributed by atoms with E-state index >= 15 is 0 Å². The first kappa shape index (κ1) is 21.3. The highest BCUT2D eigenvalue weighted by Crippen LogP contribution is 2.29. The maximum Gasteiger partial charge on any atom is 0.338 e. The summed E-state index contributed by atoms with van der Waals surface area (Å²) in [5.41, 5.74) is 0.284. The van der Waals surface area contributed by atoms with Gasteiger partial charge in [0, 0.05) is 0 Å². The van der Waals surface area contributed by atoms with Crippen molar-refractivity contribution in [2.24, 2.45) is 5.92 Å². The van der Waals surface area contributed by atoms with Gasteiger partial charge in [-0.05, 0) is 50.1 Å². The Bertz CT molecular complexity index is 769. The minimum Gasteiger partial charge on any atom is -0.490 e. The molecule has 0 aliphatic rings. The van der Waals surface area contributed by atoms with Crippen molar-refractivity contribution in [1.29, 1.82) is 0 Å². The van der Waals surface area contributed by atoms with Crippen LogP contribution in [0.25, 0.3) is 0 Å². The average molecular weight is 389 g/mol. The Balaban J connectivity index is 1.93. The van der Waals surface area contributed by atoms with Gasteiger partial charge in [-0.15, -0.1) is 0 Å². The maximum absolute atomic E-state index is 12.3. The summed E-state index contributed by atoms with van der Waals surface area (Å²) in [6.45, 7) is 8.30. The minimum absolute atomic E-state index is 0.284. The third kappa shape index (κ3) is 6.33. The van der Waals surface area contributed by atoms with Crippen LogP contribution in [0.1, 0.15) is 49.9 Å². The largest absolute Gasteiger partial charge is 0.490 e. The van der Waals surface area contributed by atoms with Crippen molar-refractivity contribution in [3.05, 3.63) is 47.9 Å². The molecule has 1 N–H and O–H groups in total. The van der Waals surface area contributed by atoms with Crippen molar-refractivity contribution >= 4 is 11.9 Å². The summed E-state index contributed by atoms with van der Waals surface area (Å²) >= 11 is 0. The predicted molar refractivity (Wildman–Crippen MR) is 103 cm³/mol. The molecule has 0 aliphatic heterocycles. The number of benzene rings is 1. The second-order valence-electron chi connectivity index (χ2n) is 6.68. The van der Waals surface area contributed by atoms with Crippen molar-refractivity contribution in [2.45, 2.75) is 33.7 Å². The summed E-state index contributed by atoms with van der Waals surface area (Å²) in [6.07, 6.45) is 1.53. The third-order valence-corrected chi connectivity index (χ3v) is 3.73. The van der Waals surface area contributed by atoms with Crippen LogP contribution in [0.4, 0.5) is 0 Å². The minimum atomic E-state index is -0.614. The van der Waals surface area contributed by atoms with Gasteiger partial charge in [0.05, 0.1) is 31.1 Å². The Kier molecular flexibility index (Phi) is 7.92. The monoisotopic (exact) mass is 389 g/mol. The van der Waals surface area contributed by atoms with E-state index in [1.165, 1.54) is 6.26 Å². The molecule has 0 spiro atoms. The van der Waals surface area contributed by atoms with Crippen LogP contribution < -0.4 is 14.8 Å². The van der Waals surface area contributed by atoms with Gasteiger partial charge in [0.2, 0.25) is 0 Å². The lowest BCUT2D eigenvalue weighted by Gasteiger charge is -2.15. The molecule has 2 aromatic rings. The number of nitrogens with one attached hydrogen (secondary N) is 1. The van der Waals surface area contributed by atoms with Gasteiger partial charge in [0.25, 0.3) is 5.91 Å². The Morgan fingerprint density at radius 1 is 1.11 bits per heavy atom. The molecule has 1 aromatic carbocycles. The lowest BCUT2D eigenvalue weighted by Crippen LogP contribution is -2.31. The van der Waals surface area contributed by atoms with Crippen molar-refractivity contribution in [3.8, 4) is 11.5 Å². The number of carbonyl (C=O) groups is 2. The number of hydrogen-bond acceptors (Lipinski definition) is 6. The molecule has 2 rings (SSSR count). The zero-order chi connectivity index (χ0) is 20.5. The standard InChI is InChI=1S/C21H27NO6/c1-5-25-19-11-16(8-9-18(19)27-12-14(2)3)21(24)28-13-20(23)22-15(4)17-7-6-10-26-17/h6-11,14-15H,5,12-13H2,1-4H3,(H,22,23)/t15-/m0/s1. The number of esters is 1. The predicted octanol–water partition coefficient (Wildman–Crippen LogP) is 3.75. The van der Waals surface area contributed by atoms with Crippen LogP contribution >= 0.6 is 0 Å². The van der Waals surface area contributed by atoms with Crippen molar-refractivity contribution < 1.29 is 28.2 Å². The van der Waals surface area contributed by atoms with Crippen molar-refractivity contribution in [3.63, 3.8) is 0 Å². The number of amides is 1. The van der Waals surface area contributed by atoms with Gasteiger partial charge >= 0.3 is 5.97 Å². The van der Waals surface area contributed by atoms with E-state index in [4.69, 9.17) is 18.6 Å². The fourth-order valence-corrected chi connectivity index (χ4v) is 2.39. The molecule has 1 heterocycles. The Labute approximate surface area is 165 Å². The van der Waals surface area contributed by atoms with Crippen LogP contribution in [-0.4, -0.2) is 31.7 Å². The Morgan fingerprint density at radius 2 is 1.89 bits per heavy atom. The van der Waals surface area contributed by atoms with E-state index in [1.807, 2.05) is 20.8 Å². The molecule has 152 valence electrons. The van der Waals surface area contributed by atoms with Crippen LogP contribution in [0.15, 0.2) is 41.0 Å². The lowest BCUT2D eigenvalue weighted by molar-refractivity contribution is -0.125. The number of carbonyl (C=O) groups excluding carboxylic acids is 2. The number of ether oxygens (including phenoxy) is 3. The van der Waals surface area contributed by atoms with Crippen LogP contribution in [0.5, 0.6) is 11.5 Å². The molecule has 0 unspecified atom stereocenters. The molecule has 0 radical (unpaired) electrons. The fourth-order valence-electron chi connectivity index (χ4n) is 2.39. The molecule has 0 saturated heterocycles. The van der Waals surface area contributed by atoms with Crippen molar-refractivity contribution in [2.75, 3.05) is 19.8 Å². The summed E-state index contributed by atoms with van der Waals surface area (Å²) in [4.78, 5) is 24.3. The summed E-state index contributed by atoms with van der Waals surface area (Å²) in [5.74, 6) is 0.987. The van der Waals surface area contributed by atoms with Crippen LogP contribution in [0.3, 0.4) is 0 Å². The molecule has 1 amide bonds. The lowest BCUT2D eigenvalue weighted by atomic mass is 10.2. The molecule has 0 fully saturated rings. The molecule has 7 heteroatoms. The van der Waals surface area contributed by atoms with Gasteiger partial charge in [-0.25, -0.2) is 4.79 Å². The molecule has 7 nitrogen and oxygen atoms in total. The summed E-state index contributed by atoms with van der Waals surface area (Å²) in [5, 5.41) is 2.70. The SMILES string of the molecule is CCOc1cc(C(=O)OCC(=O)N[C@@H](C)c2ccco2)ccc1OCC(C)C. The van der Waals surface area contributed by atoms with E-state index in [0.717, 1.165) is 0 Å². The topological polar surface area (TPSA) is 87.0 Å². The van der Waals surface area contributed by atoms with E-state index < -0.39 is 11.9 Å². The number of hydrogen-bond donors (Lipinski definition) is 1. The van der Waals surface area contributed by atoms with Crippen LogP contribution in [0, 0.1) is 5.92 Å². The fraction of sp³-hybridized carbons (Fsp3) is 0.429. The molecular formula is C21H27NO6. The highest BCUT2D eigenvalue weighted by Gasteiger charge is 2.16. The zero-order valence-electron chi connectivity index (χ0n) is 16.7. The van der Waals surface area contributed by atoms with E-state index in [9.17, 15) is 9.59 Å². The first-order valence-corrected chi connectivity index (χ1v) is 9.30. The van der Waals surface area contributed by atoms with Crippen LogP contribution in [-0.2, 0) is 9.53 Å². The average Bonchev–Trinajstić information content (AvgIpc) is 3.20. The van der Waals surface area contributed by atoms with Gasteiger partial charge in [-0.1, -0.05) is 13.8 Å². The van der Waals surface area contributed by atoms with E-state index in [0.29, 0.717) is 36.4 Å². The van der Waals surface area contributed by atoms with E-state index in [1.54, 1.807) is 37.3 Å². The first-order valence-electron chi connectivity index (χ1n) is 9.30. The summed E-state index contributed by atoms with van der Waals surface area (Å²) in [6, 6.07) is 8.00. The van der Waals surface area contributed by atoms with Gasteiger partial charge < -0.3 is 23.9 Å². The molecule has 0 aliphatic carbocycles. The number of rotatable bonds is 10. The molecule has 0 saturated carbocycles. The van der Waals surface area contributed by atoms with E-state index in [-0.39, 0.29) is 18.2 Å². The second kappa shape index (κ2) is 10.4. The molecular weight excluding hydrogens is 362 g/mol. The molecule has 1 aromatic heterocycles. The molecule has 0 bridgehead atoms. The van der Waals surface area contributed by atoms with Crippen molar-refractivity contribution in [1.82, 2.24) is 5.32 Å². The zero-order valence-corrected chi connectivity index (χ0v) is 16.7. The molecule has 1 atom stereocenters. The van der Waals surface area contributed by atoms with Gasteiger partial charge in [-0.3, -0.25) is 4.79 Å². The smallest absolute Gasteiger partial charge is 0.338 e. The third-order valence-electron chi connectivity index (χ3n) is 3.73.